The first kappa shape index (κ1) is 36.0. The zero-order valence-electron chi connectivity index (χ0n) is 23.5. The normalized spacial score (nSPS) is 12.2. The Labute approximate surface area is 264 Å². The van der Waals surface area contributed by atoms with E-state index in [1.165, 1.54) is 22.8 Å². The Balaban J connectivity index is 2.13. The summed E-state index contributed by atoms with van der Waals surface area (Å²) >= 11 is 0. The minimum Gasteiger partial charge on any atom is -0.503 e. The largest absolute Gasteiger partial charge is 0.503 e. The second-order valence-electron chi connectivity index (χ2n) is 9.99. The van der Waals surface area contributed by atoms with Gasteiger partial charge in [0.1, 0.15) is 11.4 Å². The van der Waals surface area contributed by atoms with E-state index in [1.807, 2.05) is 0 Å². The summed E-state index contributed by atoms with van der Waals surface area (Å²) in [5.41, 5.74) is -9.40. The maximum atomic E-state index is 15.9. The van der Waals surface area contributed by atoms with Crippen LogP contribution < -0.4 is 22.1 Å². The summed E-state index contributed by atoms with van der Waals surface area (Å²) in [6.45, 7) is 0. The van der Waals surface area contributed by atoms with Crippen LogP contribution in [-0.2, 0) is 5.41 Å². The molecule has 0 saturated carbocycles. The van der Waals surface area contributed by atoms with Crippen molar-refractivity contribution in [2.75, 3.05) is 22.1 Å². The molecule has 0 spiro atoms. The van der Waals surface area contributed by atoms with Crippen molar-refractivity contribution in [1.29, 1.82) is 0 Å². The summed E-state index contributed by atoms with van der Waals surface area (Å²) in [6, 6.07) is 7.90. The summed E-state index contributed by atoms with van der Waals surface area (Å²) in [6.07, 6.45) is -14.8. The highest BCUT2D eigenvalue weighted by Gasteiger charge is 2.77. The van der Waals surface area contributed by atoms with Gasteiger partial charge >= 0.3 is 12.4 Å². The second kappa shape index (κ2) is 12.3. The number of rotatable bonds is 6. The lowest BCUT2D eigenvalue weighted by Crippen LogP contribution is -2.57. The molecule has 0 aliphatic heterocycles. The van der Waals surface area contributed by atoms with Crippen molar-refractivity contribution in [3.05, 3.63) is 106 Å². The number of hydrogen-bond donors (Lipinski definition) is 6. The topological polar surface area (TPSA) is 151 Å². The van der Waals surface area contributed by atoms with Gasteiger partial charge in [-0.15, -0.1) is 0 Å². The fourth-order valence-corrected chi connectivity index (χ4v) is 4.77. The number of amides is 2. The van der Waals surface area contributed by atoms with Crippen LogP contribution in [0.3, 0.4) is 0 Å². The third-order valence-electron chi connectivity index (χ3n) is 6.97. The van der Waals surface area contributed by atoms with Crippen LogP contribution in [-0.4, -0.2) is 34.4 Å². The lowest BCUT2D eigenvalue weighted by Gasteiger charge is -2.39. The Morgan fingerprint density at radius 3 is 1.16 bits per heavy atom. The molecule has 0 unspecified atom stereocenters. The van der Waals surface area contributed by atoms with Gasteiger partial charge in [0, 0.05) is 22.5 Å². The Bertz CT molecular complexity index is 1870. The molecule has 0 aromatic heterocycles. The van der Waals surface area contributed by atoms with Gasteiger partial charge in [-0.2, -0.15) is 35.1 Å². The standard InChI is InChI=1S/C29H16F12N4O4/c30-15-13(17(32)21(23(46)19(15)34)44-25(48)9-3-1-5-11(42)7-9)27(28(36,37)38,29(39,40)41)14-16(31)20(35)24(47)22(18(14)33)45-26(49)10-4-2-6-12(43)8-10/h1-8,46-47H,42-43H2,(H,44,48)(H,45,49). The molecule has 0 atom stereocenters. The van der Waals surface area contributed by atoms with Crippen molar-refractivity contribution in [2.24, 2.45) is 0 Å². The van der Waals surface area contributed by atoms with E-state index >= 15 is 17.6 Å². The van der Waals surface area contributed by atoms with Crippen molar-refractivity contribution >= 4 is 34.6 Å². The van der Waals surface area contributed by atoms with Crippen LogP contribution in [0.5, 0.6) is 11.5 Å². The van der Waals surface area contributed by atoms with Crippen LogP contribution >= 0.6 is 0 Å². The number of benzene rings is 4. The molecule has 4 rings (SSSR count). The van der Waals surface area contributed by atoms with Crippen molar-refractivity contribution in [3.8, 4) is 11.5 Å². The van der Waals surface area contributed by atoms with Gasteiger partial charge in [0.25, 0.3) is 11.8 Å². The molecule has 4 aromatic carbocycles. The van der Waals surface area contributed by atoms with Gasteiger partial charge in [0.15, 0.2) is 34.8 Å². The highest BCUT2D eigenvalue weighted by atomic mass is 19.4. The van der Waals surface area contributed by atoms with Gasteiger partial charge in [-0.1, -0.05) is 12.1 Å². The number of alkyl halides is 6. The highest BCUT2D eigenvalue weighted by Crippen LogP contribution is 2.61. The smallest absolute Gasteiger partial charge is 0.411 e. The Kier molecular flexibility index (Phi) is 9.06. The summed E-state index contributed by atoms with van der Waals surface area (Å²) in [5.74, 6) is -28.1. The zero-order valence-corrected chi connectivity index (χ0v) is 23.5. The van der Waals surface area contributed by atoms with Crippen molar-refractivity contribution in [2.45, 2.75) is 17.8 Å². The molecular weight excluding hydrogens is 696 g/mol. The molecule has 0 fully saturated rings. The van der Waals surface area contributed by atoms with Gasteiger partial charge < -0.3 is 32.3 Å². The average Bonchev–Trinajstić information content (AvgIpc) is 3.01. The number of phenols is 2. The molecule has 0 saturated heterocycles. The lowest BCUT2D eigenvalue weighted by atomic mass is 9.71. The van der Waals surface area contributed by atoms with Crippen LogP contribution in [0.15, 0.2) is 48.5 Å². The summed E-state index contributed by atoms with van der Waals surface area (Å²) in [7, 11) is 0. The molecule has 8 N–H and O–H groups in total. The van der Waals surface area contributed by atoms with Gasteiger partial charge in [0.05, 0.1) is 11.1 Å². The number of anilines is 4. The number of carbonyl (C=O) groups excluding carboxylic acids is 2. The van der Waals surface area contributed by atoms with Crippen LogP contribution in [0.4, 0.5) is 75.4 Å². The highest BCUT2D eigenvalue weighted by molar-refractivity contribution is 6.06. The third kappa shape index (κ3) is 5.82. The molecule has 2 amide bonds. The Morgan fingerprint density at radius 2 is 0.878 bits per heavy atom. The number of carbonyl (C=O) groups is 2. The Morgan fingerprint density at radius 1 is 0.551 bits per heavy atom. The summed E-state index contributed by atoms with van der Waals surface area (Å²) in [5, 5.41) is 22.4. The monoisotopic (exact) mass is 712 g/mol. The van der Waals surface area contributed by atoms with Crippen molar-refractivity contribution in [1.82, 2.24) is 0 Å². The lowest BCUT2D eigenvalue weighted by molar-refractivity contribution is -0.291. The molecular formula is C29H16F12N4O4. The minimum atomic E-state index is -7.41. The molecule has 0 aliphatic rings. The van der Waals surface area contributed by atoms with E-state index in [-0.39, 0.29) is 11.4 Å². The number of phenolic OH excluding ortho intramolecular Hbond substituents is 2. The molecule has 0 aliphatic carbocycles. The van der Waals surface area contributed by atoms with E-state index in [1.54, 1.807) is 0 Å². The molecule has 0 heterocycles. The molecule has 49 heavy (non-hydrogen) atoms. The van der Waals surface area contributed by atoms with Crippen LogP contribution in [0.25, 0.3) is 0 Å². The maximum Gasteiger partial charge on any atom is 0.411 e. The van der Waals surface area contributed by atoms with Gasteiger partial charge in [-0.05, 0) is 36.4 Å². The summed E-state index contributed by atoms with van der Waals surface area (Å²) < 4.78 is 182. The Hall–Kier alpha value is -5.82. The van der Waals surface area contributed by atoms with E-state index in [4.69, 9.17) is 11.5 Å². The SMILES string of the molecule is Nc1cccc(C(=O)Nc2c(O)c(F)c(F)c(C(c3c(F)c(F)c(O)c(NC(=O)c4cccc(N)c4)c3F)(C(F)(F)F)C(F)(F)F)c2F)c1. The van der Waals surface area contributed by atoms with Crippen LogP contribution in [0.2, 0.25) is 0 Å². The van der Waals surface area contributed by atoms with E-state index in [0.29, 0.717) is 0 Å². The summed E-state index contributed by atoms with van der Waals surface area (Å²) in [4.78, 5) is 25.2. The van der Waals surface area contributed by atoms with E-state index in [2.05, 4.69) is 0 Å². The number of aromatic hydroxyl groups is 2. The first-order valence-corrected chi connectivity index (χ1v) is 12.8. The maximum absolute atomic E-state index is 15.9. The average molecular weight is 712 g/mol. The van der Waals surface area contributed by atoms with Gasteiger partial charge in [-0.25, -0.2) is 17.6 Å². The minimum absolute atomic E-state index is 0.185. The van der Waals surface area contributed by atoms with E-state index < -0.39 is 110 Å². The number of nitrogen functional groups attached to an aromatic ring is 2. The fourth-order valence-electron chi connectivity index (χ4n) is 4.77. The number of halogens is 12. The molecule has 8 nitrogen and oxygen atoms in total. The fraction of sp³-hybridized carbons (Fsp3) is 0.103. The number of nitrogens with one attached hydrogen (secondary N) is 2. The second-order valence-corrected chi connectivity index (χ2v) is 9.99. The van der Waals surface area contributed by atoms with Crippen molar-refractivity contribution < 1.29 is 72.5 Å². The molecule has 260 valence electrons. The molecule has 0 radical (unpaired) electrons. The first-order chi connectivity index (χ1) is 22.6. The number of nitrogens with two attached hydrogens (primary N) is 2. The van der Waals surface area contributed by atoms with Gasteiger partial charge in [-0.3, -0.25) is 9.59 Å². The molecule has 20 heteroatoms. The van der Waals surface area contributed by atoms with E-state index in [9.17, 15) is 54.9 Å². The van der Waals surface area contributed by atoms with Crippen LogP contribution in [0.1, 0.15) is 31.8 Å². The van der Waals surface area contributed by atoms with E-state index in [0.717, 1.165) is 36.4 Å². The zero-order chi connectivity index (χ0) is 37.0. The third-order valence-corrected chi connectivity index (χ3v) is 6.97. The number of hydrogen-bond acceptors (Lipinski definition) is 6. The predicted octanol–water partition coefficient (Wildman–Crippen LogP) is 7.01. The van der Waals surface area contributed by atoms with Crippen molar-refractivity contribution in [3.63, 3.8) is 0 Å². The predicted molar refractivity (Wildman–Crippen MR) is 146 cm³/mol. The molecule has 4 aromatic rings. The quantitative estimate of drug-likeness (QED) is 0.0548. The first-order valence-electron chi connectivity index (χ1n) is 12.8. The molecule has 0 bridgehead atoms. The van der Waals surface area contributed by atoms with Gasteiger partial charge in [0.2, 0.25) is 17.0 Å². The van der Waals surface area contributed by atoms with Crippen LogP contribution in [0, 0.1) is 34.9 Å².